The molecule has 3 heteroatoms. The zero-order chi connectivity index (χ0) is 14.3. The lowest BCUT2D eigenvalue weighted by Gasteiger charge is -2.28. The topological polar surface area (TPSA) is 38.5 Å². The zero-order valence-corrected chi connectivity index (χ0v) is 12.7. The molecular formula is C16H28N2O. The van der Waals surface area contributed by atoms with E-state index >= 15 is 0 Å². The van der Waals surface area contributed by atoms with Crippen LogP contribution in [0.5, 0.6) is 0 Å². The molecule has 0 aliphatic heterocycles. The summed E-state index contributed by atoms with van der Waals surface area (Å²) in [7, 11) is 1.75. The Morgan fingerprint density at radius 3 is 2.58 bits per heavy atom. The van der Waals surface area contributed by atoms with Crippen molar-refractivity contribution in [3.05, 3.63) is 35.4 Å². The van der Waals surface area contributed by atoms with Crippen LogP contribution in [0, 0.1) is 6.92 Å². The van der Waals surface area contributed by atoms with E-state index in [0.717, 1.165) is 26.1 Å². The molecule has 19 heavy (non-hydrogen) atoms. The maximum Gasteiger partial charge on any atom is 0.0615 e. The summed E-state index contributed by atoms with van der Waals surface area (Å²) in [6.45, 7) is 9.33. The molecule has 3 nitrogen and oxygen atoms in total. The fourth-order valence-electron chi connectivity index (χ4n) is 2.50. The van der Waals surface area contributed by atoms with E-state index in [1.807, 2.05) is 0 Å². The van der Waals surface area contributed by atoms with Crippen LogP contribution in [0.2, 0.25) is 0 Å². The van der Waals surface area contributed by atoms with Gasteiger partial charge in [-0.2, -0.15) is 0 Å². The number of hydrogen-bond acceptors (Lipinski definition) is 3. The summed E-state index contributed by atoms with van der Waals surface area (Å²) in [5.41, 5.74) is 8.86. The molecule has 0 fully saturated rings. The van der Waals surface area contributed by atoms with Gasteiger partial charge in [0.15, 0.2) is 0 Å². The molecule has 0 saturated carbocycles. The maximum absolute atomic E-state index is 6.32. The molecule has 0 radical (unpaired) electrons. The van der Waals surface area contributed by atoms with E-state index in [1.54, 1.807) is 7.11 Å². The van der Waals surface area contributed by atoms with Crippen LogP contribution < -0.4 is 5.73 Å². The number of aryl methyl sites for hydroxylation is 1. The van der Waals surface area contributed by atoms with Crippen molar-refractivity contribution < 1.29 is 4.74 Å². The molecule has 0 aliphatic rings. The van der Waals surface area contributed by atoms with E-state index in [4.69, 9.17) is 10.5 Å². The highest BCUT2D eigenvalue weighted by Crippen LogP contribution is 2.18. The van der Waals surface area contributed by atoms with Gasteiger partial charge in [0.1, 0.15) is 0 Å². The summed E-state index contributed by atoms with van der Waals surface area (Å²) >= 11 is 0. The molecular weight excluding hydrogens is 236 g/mol. The van der Waals surface area contributed by atoms with Gasteiger partial charge in [-0.3, -0.25) is 4.90 Å². The quantitative estimate of drug-likeness (QED) is 0.784. The first-order chi connectivity index (χ1) is 9.10. The molecule has 0 amide bonds. The first-order valence-corrected chi connectivity index (χ1v) is 7.14. The molecule has 0 saturated heterocycles. The maximum atomic E-state index is 6.32. The van der Waals surface area contributed by atoms with Crippen LogP contribution in [0.3, 0.4) is 0 Å². The van der Waals surface area contributed by atoms with Crippen LogP contribution >= 0.6 is 0 Å². The van der Waals surface area contributed by atoms with Gasteiger partial charge >= 0.3 is 0 Å². The van der Waals surface area contributed by atoms with Gasteiger partial charge in [-0.15, -0.1) is 0 Å². The Balaban J connectivity index is 2.53. The fourth-order valence-corrected chi connectivity index (χ4v) is 2.50. The van der Waals surface area contributed by atoms with Gasteiger partial charge in [0, 0.05) is 25.7 Å². The highest BCUT2D eigenvalue weighted by molar-refractivity contribution is 5.28. The molecule has 1 rings (SSSR count). The minimum absolute atomic E-state index is 0.116. The first-order valence-electron chi connectivity index (χ1n) is 7.14. The normalized spacial score (nSPS) is 14.6. The van der Waals surface area contributed by atoms with Crippen molar-refractivity contribution in [1.29, 1.82) is 0 Å². The Labute approximate surface area is 117 Å². The Morgan fingerprint density at radius 1 is 1.32 bits per heavy atom. The standard InChI is InChI=1S/C16H28N2O/c1-5-18(14(3)12-19-4)11-10-16(17)15-9-7-6-8-13(15)2/h6-9,14,16H,5,10-12,17H2,1-4H3. The number of methoxy groups -OCH3 is 1. The summed E-state index contributed by atoms with van der Waals surface area (Å²) in [6, 6.07) is 8.94. The van der Waals surface area contributed by atoms with Crippen molar-refractivity contribution >= 4 is 0 Å². The Kier molecular flexibility index (Phi) is 7.06. The van der Waals surface area contributed by atoms with Crippen LogP contribution in [-0.4, -0.2) is 37.7 Å². The molecule has 0 bridgehead atoms. The molecule has 0 aromatic heterocycles. The van der Waals surface area contributed by atoms with Crippen molar-refractivity contribution in [2.24, 2.45) is 5.73 Å². The first kappa shape index (κ1) is 16.2. The molecule has 0 heterocycles. The van der Waals surface area contributed by atoms with Crippen LogP contribution in [-0.2, 0) is 4.74 Å². The molecule has 1 aromatic carbocycles. The number of likely N-dealkylation sites (N-methyl/N-ethyl adjacent to an activating group) is 1. The predicted molar refractivity (Wildman–Crippen MR) is 81.3 cm³/mol. The fraction of sp³-hybridized carbons (Fsp3) is 0.625. The van der Waals surface area contributed by atoms with E-state index in [2.05, 4.69) is 49.9 Å². The minimum atomic E-state index is 0.116. The highest BCUT2D eigenvalue weighted by atomic mass is 16.5. The van der Waals surface area contributed by atoms with Crippen molar-refractivity contribution in [2.75, 3.05) is 26.8 Å². The van der Waals surface area contributed by atoms with E-state index in [0.29, 0.717) is 6.04 Å². The minimum Gasteiger partial charge on any atom is -0.383 e. The second-order valence-corrected chi connectivity index (χ2v) is 5.18. The summed E-state index contributed by atoms with van der Waals surface area (Å²) in [6.07, 6.45) is 0.979. The molecule has 108 valence electrons. The molecule has 2 unspecified atom stereocenters. The predicted octanol–water partition coefficient (Wildman–Crippen LogP) is 2.74. The molecule has 1 aromatic rings. The van der Waals surface area contributed by atoms with Gasteiger partial charge in [-0.1, -0.05) is 31.2 Å². The van der Waals surface area contributed by atoms with Crippen LogP contribution in [0.25, 0.3) is 0 Å². The molecule has 2 N–H and O–H groups in total. The van der Waals surface area contributed by atoms with E-state index in [9.17, 15) is 0 Å². The SMILES string of the molecule is CCN(CCC(N)c1ccccc1C)C(C)COC. The molecule has 0 spiro atoms. The van der Waals surface area contributed by atoms with E-state index in [-0.39, 0.29) is 6.04 Å². The average Bonchev–Trinajstić information content (AvgIpc) is 2.40. The second-order valence-electron chi connectivity index (χ2n) is 5.18. The van der Waals surface area contributed by atoms with E-state index < -0.39 is 0 Å². The van der Waals surface area contributed by atoms with E-state index in [1.165, 1.54) is 11.1 Å². The van der Waals surface area contributed by atoms with Crippen molar-refractivity contribution in [3.8, 4) is 0 Å². The summed E-state index contributed by atoms with van der Waals surface area (Å²) in [5, 5.41) is 0. The number of nitrogens with zero attached hydrogens (tertiary/aromatic N) is 1. The summed E-state index contributed by atoms with van der Waals surface area (Å²) in [5.74, 6) is 0. The van der Waals surface area contributed by atoms with Gasteiger partial charge in [0.2, 0.25) is 0 Å². The molecule has 2 atom stereocenters. The lowest BCUT2D eigenvalue weighted by atomic mass is 9.99. The monoisotopic (exact) mass is 264 g/mol. The van der Waals surface area contributed by atoms with Crippen LogP contribution in [0.1, 0.15) is 37.4 Å². The summed E-state index contributed by atoms with van der Waals surface area (Å²) < 4.78 is 5.22. The second kappa shape index (κ2) is 8.31. The number of hydrogen-bond donors (Lipinski definition) is 1. The highest BCUT2D eigenvalue weighted by Gasteiger charge is 2.14. The third kappa shape index (κ3) is 4.94. The Morgan fingerprint density at radius 2 is 2.00 bits per heavy atom. The van der Waals surface area contributed by atoms with Gasteiger partial charge in [0.25, 0.3) is 0 Å². The Bertz CT molecular complexity index is 368. The smallest absolute Gasteiger partial charge is 0.0615 e. The third-order valence-corrected chi connectivity index (χ3v) is 3.75. The van der Waals surface area contributed by atoms with Crippen LogP contribution in [0.4, 0.5) is 0 Å². The van der Waals surface area contributed by atoms with Gasteiger partial charge in [-0.05, 0) is 37.9 Å². The Hall–Kier alpha value is -0.900. The number of ether oxygens (including phenoxy) is 1. The largest absolute Gasteiger partial charge is 0.383 e. The van der Waals surface area contributed by atoms with Crippen molar-refractivity contribution in [3.63, 3.8) is 0 Å². The lowest BCUT2D eigenvalue weighted by Crippen LogP contribution is -2.37. The molecule has 0 aliphatic carbocycles. The van der Waals surface area contributed by atoms with Gasteiger partial charge < -0.3 is 10.5 Å². The average molecular weight is 264 g/mol. The van der Waals surface area contributed by atoms with Gasteiger partial charge in [-0.25, -0.2) is 0 Å². The zero-order valence-electron chi connectivity index (χ0n) is 12.7. The number of rotatable bonds is 8. The van der Waals surface area contributed by atoms with Crippen molar-refractivity contribution in [1.82, 2.24) is 4.90 Å². The van der Waals surface area contributed by atoms with Crippen LogP contribution in [0.15, 0.2) is 24.3 Å². The third-order valence-electron chi connectivity index (χ3n) is 3.75. The number of nitrogens with two attached hydrogens (primary N) is 1. The van der Waals surface area contributed by atoms with Crippen molar-refractivity contribution in [2.45, 2.75) is 39.3 Å². The van der Waals surface area contributed by atoms with Gasteiger partial charge in [0.05, 0.1) is 6.61 Å². The lowest BCUT2D eigenvalue weighted by molar-refractivity contribution is 0.101. The number of benzene rings is 1. The summed E-state index contributed by atoms with van der Waals surface area (Å²) in [4.78, 5) is 2.42.